The lowest BCUT2D eigenvalue weighted by molar-refractivity contribution is -0.128. The third-order valence-electron chi connectivity index (χ3n) is 2.88. The SMILES string of the molecule is COc1ccc(C2=NN(C(C)=O)CC2)c(OC)c1. The van der Waals surface area contributed by atoms with Crippen LogP contribution in [0, 0.1) is 0 Å². The fraction of sp³-hybridized carbons (Fsp3) is 0.385. The van der Waals surface area contributed by atoms with Crippen LogP contribution in [0.3, 0.4) is 0 Å². The molecular formula is C13H16N2O3. The van der Waals surface area contributed by atoms with Gasteiger partial charge in [0.15, 0.2) is 0 Å². The third-order valence-corrected chi connectivity index (χ3v) is 2.88. The molecule has 0 N–H and O–H groups in total. The summed E-state index contributed by atoms with van der Waals surface area (Å²) in [4.78, 5) is 11.2. The van der Waals surface area contributed by atoms with Gasteiger partial charge in [0.05, 0.1) is 26.5 Å². The first-order valence-corrected chi connectivity index (χ1v) is 5.73. The number of nitrogens with zero attached hydrogens (tertiary/aromatic N) is 2. The van der Waals surface area contributed by atoms with Crippen LogP contribution in [0.4, 0.5) is 0 Å². The Balaban J connectivity index is 2.34. The average Bonchev–Trinajstić information content (AvgIpc) is 2.87. The lowest BCUT2D eigenvalue weighted by Gasteiger charge is -2.09. The highest BCUT2D eigenvalue weighted by molar-refractivity contribution is 6.04. The first-order chi connectivity index (χ1) is 8.65. The highest BCUT2D eigenvalue weighted by Crippen LogP contribution is 2.27. The van der Waals surface area contributed by atoms with Gasteiger partial charge in [0.25, 0.3) is 0 Å². The van der Waals surface area contributed by atoms with Gasteiger partial charge in [-0.25, -0.2) is 5.01 Å². The van der Waals surface area contributed by atoms with Gasteiger partial charge in [-0.05, 0) is 12.1 Å². The molecule has 2 rings (SSSR count). The Bertz CT molecular complexity index is 497. The van der Waals surface area contributed by atoms with Crippen LogP contribution >= 0.6 is 0 Å². The van der Waals surface area contributed by atoms with Gasteiger partial charge in [0, 0.05) is 25.0 Å². The van der Waals surface area contributed by atoms with Crippen molar-refractivity contribution in [2.24, 2.45) is 5.10 Å². The summed E-state index contributed by atoms with van der Waals surface area (Å²) in [5.41, 5.74) is 1.77. The van der Waals surface area contributed by atoms with E-state index in [1.54, 1.807) is 14.2 Å². The van der Waals surface area contributed by atoms with E-state index in [2.05, 4.69) is 5.10 Å². The van der Waals surface area contributed by atoms with Crippen LogP contribution in [0.5, 0.6) is 11.5 Å². The molecule has 5 heteroatoms. The van der Waals surface area contributed by atoms with Gasteiger partial charge in [-0.15, -0.1) is 0 Å². The number of hydrazone groups is 1. The number of amides is 1. The zero-order chi connectivity index (χ0) is 13.1. The highest BCUT2D eigenvalue weighted by Gasteiger charge is 2.21. The number of ether oxygens (including phenoxy) is 2. The second-order valence-corrected chi connectivity index (χ2v) is 4.01. The Kier molecular flexibility index (Phi) is 3.50. The van der Waals surface area contributed by atoms with Gasteiger partial charge in [-0.3, -0.25) is 4.79 Å². The zero-order valence-electron chi connectivity index (χ0n) is 10.8. The Labute approximate surface area is 106 Å². The maximum absolute atomic E-state index is 11.2. The van der Waals surface area contributed by atoms with Crippen LogP contribution in [0.15, 0.2) is 23.3 Å². The first kappa shape index (κ1) is 12.4. The predicted octanol–water partition coefficient (Wildman–Crippen LogP) is 1.66. The van der Waals surface area contributed by atoms with E-state index < -0.39 is 0 Å². The smallest absolute Gasteiger partial charge is 0.239 e. The van der Waals surface area contributed by atoms with Crippen molar-refractivity contribution >= 4 is 11.6 Å². The van der Waals surface area contributed by atoms with Crippen molar-refractivity contribution < 1.29 is 14.3 Å². The Morgan fingerprint density at radius 1 is 1.33 bits per heavy atom. The molecule has 1 aliphatic rings. The van der Waals surface area contributed by atoms with E-state index in [0.29, 0.717) is 12.3 Å². The number of carbonyl (C=O) groups excluding carboxylic acids is 1. The van der Waals surface area contributed by atoms with Gasteiger partial charge >= 0.3 is 0 Å². The summed E-state index contributed by atoms with van der Waals surface area (Å²) in [7, 11) is 3.22. The minimum atomic E-state index is -0.0440. The zero-order valence-corrected chi connectivity index (χ0v) is 10.8. The molecule has 0 bridgehead atoms. The molecule has 1 aliphatic heterocycles. The minimum absolute atomic E-state index is 0.0440. The van der Waals surface area contributed by atoms with Crippen molar-refractivity contribution in [1.82, 2.24) is 5.01 Å². The summed E-state index contributed by atoms with van der Waals surface area (Å²) < 4.78 is 10.5. The molecule has 0 atom stereocenters. The van der Waals surface area contributed by atoms with Crippen LogP contribution in [0.25, 0.3) is 0 Å². The third kappa shape index (κ3) is 2.30. The molecule has 0 aromatic heterocycles. The van der Waals surface area contributed by atoms with Crippen LogP contribution < -0.4 is 9.47 Å². The Morgan fingerprint density at radius 3 is 2.67 bits per heavy atom. The summed E-state index contributed by atoms with van der Waals surface area (Å²) in [6.07, 6.45) is 0.738. The van der Waals surface area contributed by atoms with Crippen LogP contribution in [-0.4, -0.2) is 37.4 Å². The second-order valence-electron chi connectivity index (χ2n) is 4.01. The molecule has 1 aromatic rings. The molecule has 5 nitrogen and oxygen atoms in total. The lowest BCUT2D eigenvalue weighted by atomic mass is 10.1. The molecule has 0 radical (unpaired) electrons. The number of methoxy groups -OCH3 is 2. The van der Waals surface area contributed by atoms with Crippen LogP contribution in [0.2, 0.25) is 0 Å². The summed E-state index contributed by atoms with van der Waals surface area (Å²) in [6.45, 7) is 2.14. The summed E-state index contributed by atoms with van der Waals surface area (Å²) in [5.74, 6) is 1.40. The molecular weight excluding hydrogens is 232 g/mol. The molecule has 0 unspecified atom stereocenters. The quantitative estimate of drug-likeness (QED) is 0.817. The fourth-order valence-corrected chi connectivity index (χ4v) is 1.91. The molecule has 1 amide bonds. The number of hydrogen-bond acceptors (Lipinski definition) is 4. The van der Waals surface area contributed by atoms with Crippen molar-refractivity contribution in [1.29, 1.82) is 0 Å². The normalized spacial score (nSPS) is 14.4. The van der Waals surface area contributed by atoms with Crippen LogP contribution in [-0.2, 0) is 4.79 Å². The van der Waals surface area contributed by atoms with E-state index in [1.807, 2.05) is 18.2 Å². The van der Waals surface area contributed by atoms with Crippen molar-refractivity contribution in [2.45, 2.75) is 13.3 Å². The second kappa shape index (κ2) is 5.08. The molecule has 0 aliphatic carbocycles. The molecule has 1 heterocycles. The molecule has 0 spiro atoms. The van der Waals surface area contributed by atoms with Gasteiger partial charge in [-0.1, -0.05) is 0 Å². The van der Waals surface area contributed by atoms with Crippen molar-refractivity contribution in [2.75, 3.05) is 20.8 Å². The highest BCUT2D eigenvalue weighted by atomic mass is 16.5. The van der Waals surface area contributed by atoms with E-state index in [-0.39, 0.29) is 5.91 Å². The van der Waals surface area contributed by atoms with Crippen molar-refractivity contribution in [3.63, 3.8) is 0 Å². The molecule has 18 heavy (non-hydrogen) atoms. The summed E-state index contributed by atoms with van der Waals surface area (Å²) in [6, 6.07) is 5.57. The molecule has 0 saturated carbocycles. The fourth-order valence-electron chi connectivity index (χ4n) is 1.91. The molecule has 1 aromatic carbocycles. The maximum atomic E-state index is 11.2. The monoisotopic (exact) mass is 248 g/mol. The van der Waals surface area contributed by atoms with Crippen molar-refractivity contribution in [3.8, 4) is 11.5 Å². The largest absolute Gasteiger partial charge is 0.497 e. The number of rotatable bonds is 3. The molecule has 0 saturated heterocycles. The lowest BCUT2D eigenvalue weighted by Crippen LogP contribution is -2.19. The van der Waals surface area contributed by atoms with Gasteiger partial charge in [0.1, 0.15) is 11.5 Å². The minimum Gasteiger partial charge on any atom is -0.497 e. The van der Waals surface area contributed by atoms with Crippen molar-refractivity contribution in [3.05, 3.63) is 23.8 Å². The number of hydrogen-bond donors (Lipinski definition) is 0. The summed E-state index contributed by atoms with van der Waals surface area (Å²) >= 11 is 0. The first-order valence-electron chi connectivity index (χ1n) is 5.73. The van der Waals surface area contributed by atoms with E-state index in [0.717, 1.165) is 23.4 Å². The Hall–Kier alpha value is -2.04. The Morgan fingerprint density at radius 2 is 2.11 bits per heavy atom. The standard InChI is InChI=1S/C13H16N2O3/c1-9(16)15-7-6-12(14-15)11-5-4-10(17-2)8-13(11)18-3/h4-5,8H,6-7H2,1-3H3. The topological polar surface area (TPSA) is 51.1 Å². The van der Waals surface area contributed by atoms with Gasteiger partial charge < -0.3 is 9.47 Å². The van der Waals surface area contributed by atoms with E-state index in [9.17, 15) is 4.79 Å². The molecule has 96 valence electrons. The number of benzene rings is 1. The average molecular weight is 248 g/mol. The predicted molar refractivity (Wildman–Crippen MR) is 68.1 cm³/mol. The number of carbonyl (C=O) groups is 1. The van der Waals surface area contributed by atoms with E-state index in [4.69, 9.17) is 9.47 Å². The molecule has 0 fully saturated rings. The maximum Gasteiger partial charge on any atom is 0.239 e. The summed E-state index contributed by atoms with van der Waals surface area (Å²) in [5, 5.41) is 5.77. The van der Waals surface area contributed by atoms with Crippen LogP contribution in [0.1, 0.15) is 18.9 Å². The van der Waals surface area contributed by atoms with E-state index in [1.165, 1.54) is 11.9 Å². The van der Waals surface area contributed by atoms with Gasteiger partial charge in [0.2, 0.25) is 5.91 Å². The van der Waals surface area contributed by atoms with E-state index >= 15 is 0 Å². The van der Waals surface area contributed by atoms with Gasteiger partial charge in [-0.2, -0.15) is 5.10 Å².